The largest absolute Gasteiger partial charge is 0.115 e. The molecular formula is C14H10. The summed E-state index contributed by atoms with van der Waals surface area (Å²) in [6.07, 6.45) is 14.7. The molecule has 66 valence electrons. The van der Waals surface area contributed by atoms with E-state index in [9.17, 15) is 0 Å². The minimum absolute atomic E-state index is 0.946. The lowest BCUT2D eigenvalue weighted by Crippen LogP contribution is -1.98. The van der Waals surface area contributed by atoms with Gasteiger partial charge in [-0.3, -0.25) is 0 Å². The fourth-order valence-electron chi connectivity index (χ4n) is 1.70. The Bertz CT molecular complexity index is 476. The fraction of sp³-hybridized carbons (Fsp3) is 0.143. The molecule has 0 radical (unpaired) electrons. The van der Waals surface area contributed by atoms with E-state index in [1.54, 1.807) is 0 Å². The summed E-state index contributed by atoms with van der Waals surface area (Å²) >= 11 is 0. The maximum absolute atomic E-state index is 5.37. The molecule has 1 aliphatic rings. The summed E-state index contributed by atoms with van der Waals surface area (Å²) in [5, 5.41) is 0. The number of hydrogen-bond acceptors (Lipinski definition) is 0. The molecule has 0 spiro atoms. The van der Waals surface area contributed by atoms with Crippen molar-refractivity contribution in [1.82, 2.24) is 0 Å². The molecule has 0 fully saturated rings. The molecule has 0 heterocycles. The Morgan fingerprint density at radius 2 is 1.93 bits per heavy atom. The van der Waals surface area contributed by atoms with Crippen LogP contribution in [0.2, 0.25) is 0 Å². The van der Waals surface area contributed by atoms with E-state index in [-0.39, 0.29) is 0 Å². The van der Waals surface area contributed by atoms with Gasteiger partial charge in [0.15, 0.2) is 0 Å². The smallest absolute Gasteiger partial charge is 0.0245 e. The van der Waals surface area contributed by atoms with Gasteiger partial charge in [0.25, 0.3) is 0 Å². The van der Waals surface area contributed by atoms with Crippen molar-refractivity contribution in [1.29, 1.82) is 0 Å². The number of terminal acetylenes is 2. The first-order valence-electron chi connectivity index (χ1n) is 4.60. The number of benzene rings is 1. The highest BCUT2D eigenvalue weighted by molar-refractivity contribution is 5.64. The van der Waals surface area contributed by atoms with Crippen LogP contribution in [0.4, 0.5) is 0 Å². The van der Waals surface area contributed by atoms with Crippen LogP contribution in [0.3, 0.4) is 0 Å². The van der Waals surface area contributed by atoms with Crippen LogP contribution in [0, 0.1) is 24.7 Å². The third-order valence-electron chi connectivity index (χ3n) is 2.49. The third kappa shape index (κ3) is 1.43. The first kappa shape index (κ1) is 8.67. The maximum atomic E-state index is 5.37. The number of rotatable bonds is 0. The lowest BCUT2D eigenvalue weighted by molar-refractivity contribution is 0.956. The minimum Gasteiger partial charge on any atom is -0.115 e. The normalized spacial score (nSPS) is 13.4. The van der Waals surface area contributed by atoms with E-state index in [4.69, 9.17) is 12.8 Å². The molecule has 0 unspecified atom stereocenters. The van der Waals surface area contributed by atoms with Gasteiger partial charge in [0.1, 0.15) is 0 Å². The van der Waals surface area contributed by atoms with Gasteiger partial charge in [-0.1, -0.05) is 17.9 Å². The first-order valence-corrected chi connectivity index (χ1v) is 4.60. The van der Waals surface area contributed by atoms with Crippen LogP contribution in [-0.2, 0) is 6.42 Å². The SMILES string of the molecule is C#CC1=Cc2ccc(C#C)cc2CC1. The Morgan fingerprint density at radius 3 is 2.64 bits per heavy atom. The van der Waals surface area contributed by atoms with Crippen molar-refractivity contribution in [2.45, 2.75) is 12.8 Å². The summed E-state index contributed by atoms with van der Waals surface area (Å²) in [6.45, 7) is 0. The molecule has 0 N–H and O–H groups in total. The van der Waals surface area contributed by atoms with E-state index >= 15 is 0 Å². The van der Waals surface area contributed by atoms with Crippen LogP contribution in [0.25, 0.3) is 6.08 Å². The van der Waals surface area contributed by atoms with Crippen LogP contribution >= 0.6 is 0 Å². The molecule has 1 aliphatic carbocycles. The van der Waals surface area contributed by atoms with Crippen LogP contribution in [0.1, 0.15) is 23.1 Å². The molecule has 0 saturated carbocycles. The van der Waals surface area contributed by atoms with Crippen molar-refractivity contribution in [2.75, 3.05) is 0 Å². The molecule has 1 aromatic carbocycles. The molecule has 0 amide bonds. The zero-order valence-corrected chi connectivity index (χ0v) is 7.88. The van der Waals surface area contributed by atoms with E-state index in [2.05, 4.69) is 24.0 Å². The maximum Gasteiger partial charge on any atom is 0.0245 e. The molecule has 0 bridgehead atoms. The van der Waals surface area contributed by atoms with Gasteiger partial charge in [0, 0.05) is 11.1 Å². The van der Waals surface area contributed by atoms with Crippen LogP contribution in [0.5, 0.6) is 0 Å². The van der Waals surface area contributed by atoms with E-state index < -0.39 is 0 Å². The predicted octanol–water partition coefficient (Wildman–Crippen LogP) is 2.63. The van der Waals surface area contributed by atoms with Gasteiger partial charge in [-0.25, -0.2) is 0 Å². The van der Waals surface area contributed by atoms with Gasteiger partial charge >= 0.3 is 0 Å². The van der Waals surface area contributed by atoms with E-state index in [1.165, 1.54) is 11.1 Å². The van der Waals surface area contributed by atoms with E-state index in [0.717, 1.165) is 24.0 Å². The second-order valence-electron chi connectivity index (χ2n) is 3.37. The van der Waals surface area contributed by atoms with Gasteiger partial charge in [-0.2, -0.15) is 0 Å². The summed E-state index contributed by atoms with van der Waals surface area (Å²) in [5.74, 6) is 5.34. The van der Waals surface area contributed by atoms with E-state index in [0.29, 0.717) is 0 Å². The summed E-state index contributed by atoms with van der Waals surface area (Å²) in [5.41, 5.74) is 4.54. The van der Waals surface area contributed by atoms with Crippen molar-refractivity contribution >= 4 is 6.08 Å². The van der Waals surface area contributed by atoms with Crippen molar-refractivity contribution in [3.63, 3.8) is 0 Å². The zero-order chi connectivity index (χ0) is 9.97. The number of fused-ring (bicyclic) bond motifs is 1. The Morgan fingerprint density at radius 1 is 1.07 bits per heavy atom. The Hall–Kier alpha value is -1.92. The van der Waals surface area contributed by atoms with Crippen LogP contribution in [-0.4, -0.2) is 0 Å². The molecule has 2 rings (SSSR count). The molecule has 0 atom stereocenters. The summed E-state index contributed by atoms with van der Waals surface area (Å²) in [4.78, 5) is 0. The van der Waals surface area contributed by atoms with Gasteiger partial charge in [-0.15, -0.1) is 12.8 Å². The van der Waals surface area contributed by atoms with Crippen molar-refractivity contribution in [3.05, 3.63) is 40.5 Å². The second kappa shape index (κ2) is 3.44. The van der Waals surface area contributed by atoms with Crippen molar-refractivity contribution in [3.8, 4) is 24.7 Å². The Balaban J connectivity index is 2.49. The molecule has 0 heteroatoms. The quantitative estimate of drug-likeness (QED) is 0.536. The highest BCUT2D eigenvalue weighted by Gasteiger charge is 2.08. The monoisotopic (exact) mass is 178 g/mol. The average Bonchev–Trinajstić information content (AvgIpc) is 2.27. The molecule has 0 nitrogen and oxygen atoms in total. The van der Waals surface area contributed by atoms with Gasteiger partial charge in [-0.05, 0) is 42.2 Å². The third-order valence-corrected chi connectivity index (χ3v) is 2.49. The first-order chi connectivity index (χ1) is 6.83. The number of aryl methyl sites for hydroxylation is 1. The summed E-state index contributed by atoms with van der Waals surface area (Å²) in [6, 6.07) is 6.06. The number of hydrogen-bond donors (Lipinski definition) is 0. The fourth-order valence-corrected chi connectivity index (χ4v) is 1.70. The van der Waals surface area contributed by atoms with Gasteiger partial charge < -0.3 is 0 Å². The number of allylic oxidation sites excluding steroid dienone is 1. The Labute approximate surface area is 84.7 Å². The zero-order valence-electron chi connectivity index (χ0n) is 7.88. The lowest BCUT2D eigenvalue weighted by atomic mass is 9.91. The van der Waals surface area contributed by atoms with Crippen molar-refractivity contribution < 1.29 is 0 Å². The molecule has 1 aromatic rings. The molecular weight excluding hydrogens is 168 g/mol. The topological polar surface area (TPSA) is 0 Å². The Kier molecular flexibility index (Phi) is 2.13. The van der Waals surface area contributed by atoms with Gasteiger partial charge in [0.2, 0.25) is 0 Å². The average molecular weight is 178 g/mol. The van der Waals surface area contributed by atoms with E-state index in [1.807, 2.05) is 12.1 Å². The molecule has 0 aromatic heterocycles. The highest BCUT2D eigenvalue weighted by atomic mass is 14.1. The molecule has 0 aliphatic heterocycles. The lowest BCUT2D eigenvalue weighted by Gasteiger charge is -2.13. The molecule has 0 saturated heterocycles. The van der Waals surface area contributed by atoms with Crippen LogP contribution in [0.15, 0.2) is 23.8 Å². The second-order valence-corrected chi connectivity index (χ2v) is 3.37. The summed E-state index contributed by atoms with van der Waals surface area (Å²) in [7, 11) is 0. The molecule has 14 heavy (non-hydrogen) atoms. The predicted molar refractivity (Wildman–Crippen MR) is 59.5 cm³/mol. The van der Waals surface area contributed by atoms with Gasteiger partial charge in [0.05, 0.1) is 0 Å². The highest BCUT2D eigenvalue weighted by Crippen LogP contribution is 2.24. The summed E-state index contributed by atoms with van der Waals surface area (Å²) < 4.78 is 0. The van der Waals surface area contributed by atoms with Crippen LogP contribution < -0.4 is 0 Å². The van der Waals surface area contributed by atoms with Crippen molar-refractivity contribution in [2.24, 2.45) is 0 Å². The standard InChI is InChI=1S/C14H10/c1-3-11-5-7-14-10-12(4-2)6-8-13(14)9-11/h1-2,5,7,9-10H,6,8H2. The minimum atomic E-state index is 0.946.